The van der Waals surface area contributed by atoms with Crippen LogP contribution in [0, 0.1) is 17.1 Å². The van der Waals surface area contributed by atoms with E-state index in [1.54, 1.807) is 42.3 Å². The molecule has 1 aliphatic heterocycles. The minimum absolute atomic E-state index is 0.0335. The molecule has 1 atom stereocenters. The van der Waals surface area contributed by atoms with Gasteiger partial charge in [0.15, 0.2) is 17.3 Å². The number of rotatable bonds is 6. The molecular weight excluding hydrogens is 421 g/mol. The maximum Gasteiger partial charge on any atom is 0.161 e. The molecule has 2 aromatic carbocycles. The lowest BCUT2D eigenvalue weighted by Crippen LogP contribution is -2.36. The van der Waals surface area contributed by atoms with E-state index in [9.17, 15) is 14.4 Å². The van der Waals surface area contributed by atoms with Crippen LogP contribution in [0.15, 0.2) is 65.1 Å². The average molecular weight is 448 g/mol. The molecule has 0 fully saturated rings. The molecule has 1 heterocycles. The van der Waals surface area contributed by atoms with Gasteiger partial charge in [-0.2, -0.15) is 5.26 Å². The van der Waals surface area contributed by atoms with Crippen molar-refractivity contribution in [2.24, 2.45) is 5.73 Å². The van der Waals surface area contributed by atoms with E-state index in [0.717, 1.165) is 24.1 Å². The van der Waals surface area contributed by atoms with Gasteiger partial charge < -0.3 is 20.1 Å². The number of nitrogens with two attached hydrogens (primary N) is 1. The number of allylic oxidation sites excluding steroid dienone is 3. The second-order valence-corrected chi connectivity index (χ2v) is 8.06. The smallest absolute Gasteiger partial charge is 0.161 e. The Hall–Kier alpha value is -3.79. The molecule has 0 saturated carbocycles. The van der Waals surface area contributed by atoms with Crippen molar-refractivity contribution in [1.29, 1.82) is 5.26 Å². The van der Waals surface area contributed by atoms with Crippen molar-refractivity contribution in [3.63, 3.8) is 0 Å². The second-order valence-electron chi connectivity index (χ2n) is 8.06. The largest absolute Gasteiger partial charge is 0.490 e. The molecule has 0 radical (unpaired) electrons. The number of hydrogen-bond donors (Lipinski definition) is 1. The van der Waals surface area contributed by atoms with Gasteiger partial charge in [-0.15, -0.1) is 0 Å². The third kappa shape index (κ3) is 4.17. The van der Waals surface area contributed by atoms with Crippen LogP contribution in [-0.4, -0.2) is 24.3 Å². The van der Waals surface area contributed by atoms with Gasteiger partial charge in [-0.25, -0.2) is 4.39 Å². The zero-order chi connectivity index (χ0) is 23.5. The van der Waals surface area contributed by atoms with E-state index in [1.165, 1.54) is 6.07 Å². The van der Waals surface area contributed by atoms with Crippen molar-refractivity contribution < 1.29 is 18.7 Å². The summed E-state index contributed by atoms with van der Waals surface area (Å²) >= 11 is 0. The number of carbonyl (C=O) groups is 1. The molecule has 2 N–H and O–H groups in total. The van der Waals surface area contributed by atoms with Crippen LogP contribution in [-0.2, 0) is 11.4 Å². The van der Waals surface area contributed by atoms with E-state index in [4.69, 9.17) is 15.2 Å². The summed E-state index contributed by atoms with van der Waals surface area (Å²) in [5.74, 6) is 0.407. The first-order chi connectivity index (χ1) is 16.0. The molecule has 0 spiro atoms. The Morgan fingerprint density at radius 3 is 2.70 bits per heavy atom. The van der Waals surface area contributed by atoms with Crippen molar-refractivity contribution in [3.8, 4) is 17.6 Å². The second kappa shape index (κ2) is 9.37. The van der Waals surface area contributed by atoms with Gasteiger partial charge in [0.05, 0.1) is 24.2 Å². The van der Waals surface area contributed by atoms with E-state index in [-0.39, 0.29) is 18.2 Å². The van der Waals surface area contributed by atoms with Crippen molar-refractivity contribution in [3.05, 3.63) is 82.1 Å². The number of nitriles is 1. The maximum atomic E-state index is 14.0. The monoisotopic (exact) mass is 447 g/mol. The minimum atomic E-state index is -0.561. The van der Waals surface area contributed by atoms with Crippen LogP contribution in [0.5, 0.6) is 11.5 Å². The Kier molecular flexibility index (Phi) is 6.36. The molecule has 0 unspecified atom stereocenters. The lowest BCUT2D eigenvalue weighted by Gasteiger charge is -2.37. The topological polar surface area (TPSA) is 88.6 Å². The first kappa shape index (κ1) is 22.4. The molecule has 1 aliphatic carbocycles. The maximum absolute atomic E-state index is 14.0. The summed E-state index contributed by atoms with van der Waals surface area (Å²) in [5.41, 5.74) is 9.31. The molecular formula is C26H26FN3O3. The lowest BCUT2D eigenvalue weighted by molar-refractivity contribution is -0.116. The van der Waals surface area contributed by atoms with Gasteiger partial charge in [0.2, 0.25) is 0 Å². The number of halogens is 1. The highest BCUT2D eigenvalue weighted by Gasteiger charge is 2.38. The minimum Gasteiger partial charge on any atom is -0.490 e. The third-order valence-electron chi connectivity index (χ3n) is 6.11. The van der Waals surface area contributed by atoms with E-state index in [0.29, 0.717) is 47.1 Å². The van der Waals surface area contributed by atoms with E-state index in [2.05, 4.69) is 6.07 Å². The molecule has 7 heteroatoms. The molecule has 33 heavy (non-hydrogen) atoms. The average Bonchev–Trinajstić information content (AvgIpc) is 2.82. The van der Waals surface area contributed by atoms with E-state index in [1.807, 2.05) is 13.0 Å². The van der Waals surface area contributed by atoms with Crippen LogP contribution in [0.1, 0.15) is 43.2 Å². The van der Waals surface area contributed by atoms with Gasteiger partial charge in [0.1, 0.15) is 18.2 Å². The van der Waals surface area contributed by atoms with Gasteiger partial charge in [-0.05, 0) is 43.5 Å². The lowest BCUT2D eigenvalue weighted by atomic mass is 9.76. The van der Waals surface area contributed by atoms with Crippen molar-refractivity contribution in [2.75, 3.05) is 13.7 Å². The summed E-state index contributed by atoms with van der Waals surface area (Å²) in [6.07, 6.45) is 1.94. The Bertz CT molecular complexity index is 1200. The predicted molar refractivity (Wildman–Crippen MR) is 122 cm³/mol. The number of hydrogen-bond acceptors (Lipinski definition) is 6. The highest BCUT2D eigenvalue weighted by molar-refractivity contribution is 5.99. The van der Waals surface area contributed by atoms with Crippen LogP contribution in [0.2, 0.25) is 0 Å². The summed E-state index contributed by atoms with van der Waals surface area (Å²) in [6, 6.07) is 14.0. The normalized spacial score (nSPS) is 18.2. The van der Waals surface area contributed by atoms with Crippen LogP contribution < -0.4 is 15.2 Å². The van der Waals surface area contributed by atoms with Crippen LogP contribution in [0.4, 0.5) is 4.39 Å². The fourth-order valence-corrected chi connectivity index (χ4v) is 4.46. The van der Waals surface area contributed by atoms with Crippen molar-refractivity contribution in [2.45, 2.75) is 38.7 Å². The standard InChI is InChI=1S/C26H26FN3O3/c1-3-32-23-13-16(11-12-22(23)33-15-17-7-4-5-8-19(17)27)24-18(14-28)26(29)30(2)20-9-6-10-21(31)25(20)24/h4-5,7-8,11-13,24H,3,6,9-10,15,29H2,1-2H3/t24-/m1/s1. The first-order valence-corrected chi connectivity index (χ1v) is 11.0. The fourth-order valence-electron chi connectivity index (χ4n) is 4.46. The molecule has 0 aromatic heterocycles. The molecule has 6 nitrogen and oxygen atoms in total. The SMILES string of the molecule is CCOc1cc([C@@H]2C(C#N)=C(N)N(C)C3=C2C(=O)CCC3)ccc1OCc1ccccc1F. The Morgan fingerprint density at radius 2 is 1.97 bits per heavy atom. The number of ketones is 1. The molecule has 2 aliphatic rings. The van der Waals surface area contributed by atoms with Gasteiger partial charge in [0, 0.05) is 30.3 Å². The highest BCUT2D eigenvalue weighted by Crippen LogP contribution is 2.45. The van der Waals surface area contributed by atoms with Gasteiger partial charge >= 0.3 is 0 Å². The number of nitrogens with zero attached hydrogens (tertiary/aromatic N) is 2. The number of benzene rings is 2. The first-order valence-electron chi connectivity index (χ1n) is 11.0. The van der Waals surface area contributed by atoms with Crippen LogP contribution in [0.3, 0.4) is 0 Å². The Balaban J connectivity index is 1.74. The van der Waals surface area contributed by atoms with Crippen LogP contribution >= 0.6 is 0 Å². The summed E-state index contributed by atoms with van der Waals surface area (Å²) in [4.78, 5) is 14.7. The molecule has 2 aromatic rings. The molecule has 170 valence electrons. The number of ether oxygens (including phenoxy) is 2. The third-order valence-corrected chi connectivity index (χ3v) is 6.11. The predicted octanol–water partition coefficient (Wildman–Crippen LogP) is 4.53. The fraction of sp³-hybridized carbons (Fsp3) is 0.308. The Morgan fingerprint density at radius 1 is 1.18 bits per heavy atom. The number of Topliss-reactive ketones (excluding diaryl/α,β-unsaturated/α-hetero) is 1. The molecule has 0 bridgehead atoms. The van der Waals surface area contributed by atoms with Gasteiger partial charge in [-0.1, -0.05) is 24.3 Å². The molecule has 0 amide bonds. The van der Waals surface area contributed by atoms with E-state index < -0.39 is 5.92 Å². The highest BCUT2D eigenvalue weighted by atomic mass is 19.1. The zero-order valence-electron chi connectivity index (χ0n) is 18.7. The van der Waals surface area contributed by atoms with Gasteiger partial charge in [0.25, 0.3) is 0 Å². The summed E-state index contributed by atoms with van der Waals surface area (Å²) in [5, 5.41) is 9.91. The summed E-state index contributed by atoms with van der Waals surface area (Å²) < 4.78 is 25.7. The van der Waals surface area contributed by atoms with Crippen LogP contribution in [0.25, 0.3) is 0 Å². The Labute approximate surface area is 192 Å². The van der Waals surface area contributed by atoms with Crippen molar-refractivity contribution in [1.82, 2.24) is 4.90 Å². The summed E-state index contributed by atoms with van der Waals surface area (Å²) in [6.45, 7) is 2.29. The van der Waals surface area contributed by atoms with Gasteiger partial charge in [-0.3, -0.25) is 4.79 Å². The molecule has 4 rings (SSSR count). The zero-order valence-corrected chi connectivity index (χ0v) is 18.7. The van der Waals surface area contributed by atoms with E-state index >= 15 is 0 Å². The number of carbonyl (C=O) groups excluding carboxylic acids is 1. The molecule has 0 saturated heterocycles. The van der Waals surface area contributed by atoms with Crippen molar-refractivity contribution >= 4 is 5.78 Å². The quantitative estimate of drug-likeness (QED) is 0.700. The summed E-state index contributed by atoms with van der Waals surface area (Å²) in [7, 11) is 1.79.